The van der Waals surface area contributed by atoms with Crippen LogP contribution in [0.2, 0.25) is 0 Å². The number of hydrogen-bond donors (Lipinski definition) is 1. The Labute approximate surface area is 127 Å². The molecular formula is C15H18N2O3S. The zero-order valence-corrected chi connectivity index (χ0v) is 12.9. The number of carbonyl (C=O) groups is 1. The summed E-state index contributed by atoms with van der Waals surface area (Å²) in [6, 6.07) is 5.82. The highest BCUT2D eigenvalue weighted by Gasteiger charge is 2.29. The molecule has 1 aliphatic rings. The summed E-state index contributed by atoms with van der Waals surface area (Å²) in [5, 5.41) is 6.68. The molecule has 21 heavy (non-hydrogen) atoms. The predicted molar refractivity (Wildman–Crippen MR) is 79.6 cm³/mol. The quantitative estimate of drug-likeness (QED) is 0.891. The first-order valence-electron chi connectivity index (χ1n) is 7.01. The minimum Gasteiger partial charge on any atom is -0.374 e. The highest BCUT2D eigenvalue weighted by atomic mass is 32.1. The molecule has 2 aromatic rings. The highest BCUT2D eigenvalue weighted by Crippen LogP contribution is 2.40. The van der Waals surface area contributed by atoms with E-state index >= 15 is 0 Å². The Kier molecular flexibility index (Phi) is 4.07. The molecule has 1 N–H and O–H groups in total. The molecule has 0 spiro atoms. The number of amides is 1. The molecule has 1 saturated carbocycles. The fourth-order valence-electron chi connectivity index (χ4n) is 2.16. The van der Waals surface area contributed by atoms with Crippen molar-refractivity contribution in [3.8, 4) is 0 Å². The number of aromatic nitrogens is 1. The van der Waals surface area contributed by atoms with Crippen LogP contribution in [-0.4, -0.2) is 24.7 Å². The molecular weight excluding hydrogens is 288 g/mol. The third-order valence-electron chi connectivity index (χ3n) is 3.55. The van der Waals surface area contributed by atoms with Crippen LogP contribution in [0.1, 0.15) is 50.9 Å². The lowest BCUT2D eigenvalue weighted by Gasteiger charge is -2.13. The van der Waals surface area contributed by atoms with E-state index in [9.17, 15) is 4.79 Å². The number of carbonyl (C=O) groups excluding carboxylic acids is 1. The van der Waals surface area contributed by atoms with Crippen molar-refractivity contribution in [1.29, 1.82) is 0 Å². The molecule has 0 bridgehead atoms. The molecule has 1 aliphatic carbocycles. The number of thiophene rings is 1. The molecule has 2 aromatic heterocycles. The molecule has 0 aromatic carbocycles. The van der Waals surface area contributed by atoms with E-state index in [1.165, 1.54) is 4.88 Å². The highest BCUT2D eigenvalue weighted by molar-refractivity contribution is 7.12. The first kappa shape index (κ1) is 14.3. The summed E-state index contributed by atoms with van der Waals surface area (Å²) in [4.78, 5) is 14.4. The van der Waals surface area contributed by atoms with Gasteiger partial charge in [0.25, 0.3) is 5.91 Å². The van der Waals surface area contributed by atoms with E-state index in [1.54, 1.807) is 24.5 Å². The molecule has 1 fully saturated rings. The Balaban J connectivity index is 1.58. The van der Waals surface area contributed by atoms with E-state index in [0.717, 1.165) is 23.5 Å². The molecule has 2 heterocycles. The summed E-state index contributed by atoms with van der Waals surface area (Å²) in [5.41, 5.74) is 0.342. The van der Waals surface area contributed by atoms with Gasteiger partial charge in [-0.25, -0.2) is 0 Å². The van der Waals surface area contributed by atoms with Gasteiger partial charge in [-0.05, 0) is 31.9 Å². The number of nitrogens with zero attached hydrogens (tertiary/aromatic N) is 1. The molecule has 0 aliphatic heterocycles. The van der Waals surface area contributed by atoms with Gasteiger partial charge in [-0.15, -0.1) is 11.3 Å². The summed E-state index contributed by atoms with van der Waals surface area (Å²) in [6.45, 7) is 2.47. The van der Waals surface area contributed by atoms with Crippen LogP contribution in [0.5, 0.6) is 0 Å². The van der Waals surface area contributed by atoms with Crippen LogP contribution >= 0.6 is 11.3 Å². The van der Waals surface area contributed by atoms with Gasteiger partial charge in [-0.1, -0.05) is 5.16 Å². The van der Waals surface area contributed by atoms with E-state index in [1.807, 2.05) is 19.1 Å². The van der Waals surface area contributed by atoms with Gasteiger partial charge in [0.05, 0.1) is 0 Å². The van der Waals surface area contributed by atoms with Gasteiger partial charge in [-0.3, -0.25) is 4.79 Å². The van der Waals surface area contributed by atoms with Crippen LogP contribution in [0.4, 0.5) is 0 Å². The largest absolute Gasteiger partial charge is 0.374 e. The van der Waals surface area contributed by atoms with Gasteiger partial charge in [-0.2, -0.15) is 0 Å². The predicted octanol–water partition coefficient (Wildman–Crippen LogP) is 3.04. The molecule has 0 unspecified atom stereocenters. The number of aryl methyl sites for hydroxylation is 1. The lowest BCUT2D eigenvalue weighted by atomic mass is 10.2. The van der Waals surface area contributed by atoms with Gasteiger partial charge in [0.1, 0.15) is 11.9 Å². The lowest BCUT2D eigenvalue weighted by molar-refractivity contribution is 0.0830. The van der Waals surface area contributed by atoms with Crippen LogP contribution in [0.3, 0.4) is 0 Å². The second-order valence-corrected chi connectivity index (χ2v) is 6.59. The minimum atomic E-state index is -0.221. The SMILES string of the molecule is CO[C@H](CNC(=O)c1cc(C2CC2)on1)c1ccc(C)s1. The van der Waals surface area contributed by atoms with E-state index in [2.05, 4.69) is 10.5 Å². The number of hydrogen-bond acceptors (Lipinski definition) is 5. The van der Waals surface area contributed by atoms with E-state index in [-0.39, 0.29) is 12.0 Å². The number of nitrogens with one attached hydrogen (secondary N) is 1. The van der Waals surface area contributed by atoms with Crippen molar-refractivity contribution in [2.75, 3.05) is 13.7 Å². The maximum atomic E-state index is 12.1. The summed E-state index contributed by atoms with van der Waals surface area (Å²) in [6.07, 6.45) is 2.11. The Bertz CT molecular complexity index is 630. The van der Waals surface area contributed by atoms with Crippen molar-refractivity contribution < 1.29 is 14.1 Å². The van der Waals surface area contributed by atoms with Crippen molar-refractivity contribution in [2.24, 2.45) is 0 Å². The average molecular weight is 306 g/mol. The molecule has 1 atom stereocenters. The maximum absolute atomic E-state index is 12.1. The maximum Gasteiger partial charge on any atom is 0.273 e. The monoisotopic (exact) mass is 306 g/mol. The average Bonchev–Trinajstić information content (AvgIpc) is 3.05. The van der Waals surface area contributed by atoms with Crippen molar-refractivity contribution in [2.45, 2.75) is 31.8 Å². The third-order valence-corrected chi connectivity index (χ3v) is 4.64. The summed E-state index contributed by atoms with van der Waals surface area (Å²) in [5.74, 6) is 1.05. The summed E-state index contributed by atoms with van der Waals surface area (Å²) in [7, 11) is 1.65. The van der Waals surface area contributed by atoms with Gasteiger partial charge in [0, 0.05) is 35.4 Å². The van der Waals surface area contributed by atoms with Crippen LogP contribution in [0.25, 0.3) is 0 Å². The van der Waals surface area contributed by atoms with Crippen molar-refractivity contribution >= 4 is 17.2 Å². The Morgan fingerprint density at radius 1 is 1.57 bits per heavy atom. The molecule has 5 nitrogen and oxygen atoms in total. The van der Waals surface area contributed by atoms with Crippen molar-refractivity contribution in [1.82, 2.24) is 10.5 Å². The molecule has 0 radical (unpaired) electrons. The number of rotatable bonds is 6. The van der Waals surface area contributed by atoms with Crippen LogP contribution < -0.4 is 5.32 Å². The zero-order valence-electron chi connectivity index (χ0n) is 12.1. The second-order valence-electron chi connectivity index (χ2n) is 5.27. The topological polar surface area (TPSA) is 64.4 Å². The minimum absolute atomic E-state index is 0.137. The Morgan fingerprint density at radius 3 is 3.00 bits per heavy atom. The van der Waals surface area contributed by atoms with E-state index in [4.69, 9.17) is 9.26 Å². The summed E-state index contributed by atoms with van der Waals surface area (Å²) < 4.78 is 10.6. The Morgan fingerprint density at radius 2 is 2.38 bits per heavy atom. The van der Waals surface area contributed by atoms with Gasteiger partial charge in [0.15, 0.2) is 5.69 Å². The third kappa shape index (κ3) is 3.33. The normalized spacial score (nSPS) is 15.9. The fourth-order valence-corrected chi connectivity index (χ4v) is 3.11. The molecule has 1 amide bonds. The molecule has 6 heteroatoms. The Hall–Kier alpha value is -1.66. The fraction of sp³-hybridized carbons (Fsp3) is 0.467. The van der Waals surface area contributed by atoms with Crippen LogP contribution in [0.15, 0.2) is 22.7 Å². The zero-order chi connectivity index (χ0) is 14.8. The van der Waals surface area contributed by atoms with Crippen LogP contribution in [0, 0.1) is 6.92 Å². The number of ether oxygens (including phenoxy) is 1. The van der Waals surface area contributed by atoms with Gasteiger partial charge >= 0.3 is 0 Å². The van der Waals surface area contributed by atoms with Gasteiger partial charge in [0.2, 0.25) is 0 Å². The molecule has 0 saturated heterocycles. The first-order valence-corrected chi connectivity index (χ1v) is 7.83. The van der Waals surface area contributed by atoms with Crippen molar-refractivity contribution in [3.05, 3.63) is 39.4 Å². The second kappa shape index (κ2) is 5.99. The first-order chi connectivity index (χ1) is 10.2. The van der Waals surface area contributed by atoms with E-state index < -0.39 is 0 Å². The smallest absolute Gasteiger partial charge is 0.273 e. The molecule has 112 valence electrons. The van der Waals surface area contributed by atoms with Gasteiger partial charge < -0.3 is 14.6 Å². The summed E-state index contributed by atoms with van der Waals surface area (Å²) >= 11 is 1.67. The number of methoxy groups -OCH3 is 1. The lowest BCUT2D eigenvalue weighted by Crippen LogP contribution is -2.29. The van der Waals surface area contributed by atoms with Crippen molar-refractivity contribution in [3.63, 3.8) is 0 Å². The standard InChI is InChI=1S/C15H18N2O3S/c1-9-3-6-14(21-9)13(19-2)8-16-15(18)11-7-12(20-17-11)10-4-5-10/h3,6-7,10,13H,4-5,8H2,1-2H3,(H,16,18)/t13-/m1/s1. The molecule has 3 rings (SSSR count). The van der Waals surface area contributed by atoms with Crippen LogP contribution in [-0.2, 0) is 4.74 Å². The van der Waals surface area contributed by atoms with E-state index in [0.29, 0.717) is 18.2 Å².